The molecule has 1 heterocycles. The first-order valence-electron chi connectivity index (χ1n) is 8.70. The van der Waals surface area contributed by atoms with Gasteiger partial charge in [0.25, 0.3) is 0 Å². The lowest BCUT2D eigenvalue weighted by Crippen LogP contribution is -2.02. The third-order valence-electron chi connectivity index (χ3n) is 4.29. The molecule has 0 aliphatic rings. The van der Waals surface area contributed by atoms with Crippen molar-refractivity contribution in [3.63, 3.8) is 0 Å². The summed E-state index contributed by atoms with van der Waals surface area (Å²) in [5, 5.41) is 18.6. The van der Waals surface area contributed by atoms with Crippen LogP contribution in [0.25, 0.3) is 34.2 Å². The van der Waals surface area contributed by atoms with Crippen LogP contribution < -0.4 is 0 Å². The van der Waals surface area contributed by atoms with E-state index in [1.807, 2.05) is 66.7 Å². The van der Waals surface area contributed by atoms with Crippen LogP contribution in [0.3, 0.4) is 0 Å². The van der Waals surface area contributed by atoms with Gasteiger partial charge in [-0.15, -0.1) is 0 Å². The molecule has 0 saturated carbocycles. The lowest BCUT2D eigenvalue weighted by Gasteiger charge is -2.09. The average Bonchev–Trinajstić information content (AvgIpc) is 2.79. The highest BCUT2D eigenvalue weighted by atomic mass is 19.1. The van der Waals surface area contributed by atoms with Crippen molar-refractivity contribution < 1.29 is 4.39 Å². The highest BCUT2D eigenvalue weighted by molar-refractivity contribution is 5.71. The summed E-state index contributed by atoms with van der Waals surface area (Å²) in [6.07, 6.45) is 0. The third kappa shape index (κ3) is 3.55. The molecule has 0 bridgehead atoms. The predicted octanol–water partition coefficient (Wildman–Crippen LogP) is 4.76. The van der Waals surface area contributed by atoms with Gasteiger partial charge in [0, 0.05) is 16.7 Å². The fourth-order valence-electron chi connectivity index (χ4n) is 2.87. The van der Waals surface area contributed by atoms with Crippen molar-refractivity contribution in [2.24, 2.45) is 0 Å². The Labute approximate surface area is 166 Å². The summed E-state index contributed by atoms with van der Waals surface area (Å²) in [4.78, 5) is 13.5. The first-order chi connectivity index (χ1) is 14.2. The van der Waals surface area contributed by atoms with E-state index in [9.17, 15) is 9.65 Å². The molecular weight excluding hydrogens is 365 g/mol. The average molecular weight is 377 g/mol. The number of rotatable bonds is 3. The van der Waals surface area contributed by atoms with Crippen molar-refractivity contribution in [1.29, 1.82) is 10.5 Å². The van der Waals surface area contributed by atoms with Gasteiger partial charge in [-0.05, 0) is 12.1 Å². The van der Waals surface area contributed by atoms with E-state index in [0.29, 0.717) is 11.6 Å². The zero-order valence-corrected chi connectivity index (χ0v) is 15.0. The molecule has 1 aromatic heterocycles. The molecule has 4 aromatic rings. The van der Waals surface area contributed by atoms with Gasteiger partial charge in [-0.3, -0.25) is 0 Å². The number of hydrogen-bond donors (Lipinski definition) is 0. The van der Waals surface area contributed by atoms with Crippen LogP contribution in [-0.4, -0.2) is 15.0 Å². The maximum Gasteiger partial charge on any atom is 0.165 e. The predicted molar refractivity (Wildman–Crippen MR) is 106 cm³/mol. The number of nitriles is 2. The summed E-state index contributed by atoms with van der Waals surface area (Å²) >= 11 is 0. The van der Waals surface area contributed by atoms with E-state index >= 15 is 0 Å². The van der Waals surface area contributed by atoms with Gasteiger partial charge < -0.3 is 0 Å². The fraction of sp³-hybridized carbons (Fsp3) is 0. The number of halogens is 1. The van der Waals surface area contributed by atoms with Gasteiger partial charge in [0.05, 0.1) is 17.2 Å². The van der Waals surface area contributed by atoms with Gasteiger partial charge in [0.1, 0.15) is 11.9 Å². The van der Waals surface area contributed by atoms with Gasteiger partial charge in [-0.2, -0.15) is 10.5 Å². The molecule has 0 N–H and O–H groups in total. The topological polar surface area (TPSA) is 86.2 Å². The van der Waals surface area contributed by atoms with E-state index in [1.54, 1.807) is 6.07 Å². The Balaban J connectivity index is 1.98. The summed E-state index contributed by atoms with van der Waals surface area (Å²) in [7, 11) is 0. The molecular formula is C23H12FN5. The SMILES string of the molecule is N#Cc1cc(C#N)c(-c2nc(-c3ccccc3)nc(-c3ccccc3)n2)cc1F. The minimum Gasteiger partial charge on any atom is -0.208 e. The Morgan fingerprint density at radius 3 is 1.59 bits per heavy atom. The maximum absolute atomic E-state index is 14.3. The minimum atomic E-state index is -0.732. The molecule has 0 aliphatic carbocycles. The van der Waals surface area contributed by atoms with Crippen molar-refractivity contribution in [2.75, 3.05) is 0 Å². The molecule has 0 unspecified atom stereocenters. The Morgan fingerprint density at radius 1 is 0.621 bits per heavy atom. The monoisotopic (exact) mass is 377 g/mol. The van der Waals surface area contributed by atoms with E-state index in [0.717, 1.165) is 17.2 Å². The quantitative estimate of drug-likeness (QED) is 0.514. The summed E-state index contributed by atoms with van der Waals surface area (Å²) in [6, 6.07) is 24.7. The zero-order valence-electron chi connectivity index (χ0n) is 15.0. The Hall–Kier alpha value is -4.42. The first kappa shape index (κ1) is 18.0. The van der Waals surface area contributed by atoms with E-state index in [-0.39, 0.29) is 22.5 Å². The standard InChI is InChI=1S/C23H12FN5/c24-20-12-19(17(13-25)11-18(20)14-26)23-28-21(15-7-3-1-4-8-15)27-22(29-23)16-9-5-2-6-10-16/h1-12H. The van der Waals surface area contributed by atoms with Gasteiger partial charge in [-0.1, -0.05) is 60.7 Å². The molecule has 0 radical (unpaired) electrons. The normalized spacial score (nSPS) is 10.2. The second kappa shape index (κ2) is 7.67. The van der Waals surface area contributed by atoms with Crippen LogP contribution in [0.15, 0.2) is 72.8 Å². The van der Waals surface area contributed by atoms with Crippen molar-refractivity contribution in [1.82, 2.24) is 15.0 Å². The van der Waals surface area contributed by atoms with Crippen LogP contribution >= 0.6 is 0 Å². The van der Waals surface area contributed by atoms with Crippen molar-refractivity contribution >= 4 is 0 Å². The maximum atomic E-state index is 14.3. The molecule has 0 amide bonds. The summed E-state index contributed by atoms with van der Waals surface area (Å²) in [5.41, 5.74) is 1.65. The Morgan fingerprint density at radius 2 is 1.10 bits per heavy atom. The smallest absolute Gasteiger partial charge is 0.165 e. The highest BCUT2D eigenvalue weighted by Crippen LogP contribution is 2.28. The number of nitrogens with zero attached hydrogens (tertiary/aromatic N) is 5. The van der Waals surface area contributed by atoms with Gasteiger partial charge in [-0.25, -0.2) is 19.3 Å². The molecule has 6 heteroatoms. The molecule has 136 valence electrons. The van der Waals surface area contributed by atoms with E-state index in [4.69, 9.17) is 5.26 Å². The Bertz CT molecular complexity index is 1210. The molecule has 0 spiro atoms. The summed E-state index contributed by atoms with van der Waals surface area (Å²) < 4.78 is 14.3. The third-order valence-corrected chi connectivity index (χ3v) is 4.29. The van der Waals surface area contributed by atoms with Crippen LogP contribution in [0.5, 0.6) is 0 Å². The fourth-order valence-corrected chi connectivity index (χ4v) is 2.87. The highest BCUT2D eigenvalue weighted by Gasteiger charge is 2.17. The number of benzene rings is 3. The lowest BCUT2D eigenvalue weighted by atomic mass is 10.0. The van der Waals surface area contributed by atoms with Crippen molar-refractivity contribution in [2.45, 2.75) is 0 Å². The van der Waals surface area contributed by atoms with Crippen molar-refractivity contribution in [3.05, 3.63) is 89.7 Å². The molecule has 3 aromatic carbocycles. The second-order valence-corrected chi connectivity index (χ2v) is 6.14. The molecule has 29 heavy (non-hydrogen) atoms. The van der Waals surface area contributed by atoms with Crippen molar-refractivity contribution in [3.8, 4) is 46.3 Å². The first-order valence-corrected chi connectivity index (χ1v) is 8.70. The van der Waals surface area contributed by atoms with Gasteiger partial charge in [0.2, 0.25) is 0 Å². The number of aromatic nitrogens is 3. The molecule has 0 saturated heterocycles. The molecule has 5 nitrogen and oxygen atoms in total. The van der Waals surface area contributed by atoms with Crippen LogP contribution in [0.4, 0.5) is 4.39 Å². The Kier molecular flexibility index (Phi) is 4.75. The largest absolute Gasteiger partial charge is 0.208 e. The van der Waals surface area contributed by atoms with Gasteiger partial charge >= 0.3 is 0 Å². The van der Waals surface area contributed by atoms with Crippen LogP contribution in [0.2, 0.25) is 0 Å². The summed E-state index contributed by atoms with van der Waals surface area (Å²) in [6.45, 7) is 0. The molecule has 4 rings (SSSR count). The van der Waals surface area contributed by atoms with E-state index in [1.165, 1.54) is 6.07 Å². The number of hydrogen-bond acceptors (Lipinski definition) is 5. The van der Waals surface area contributed by atoms with Crippen LogP contribution in [0.1, 0.15) is 11.1 Å². The summed E-state index contributed by atoms with van der Waals surface area (Å²) in [5.74, 6) is 0.244. The minimum absolute atomic E-state index is 0.118. The zero-order chi connectivity index (χ0) is 20.2. The molecule has 0 fully saturated rings. The molecule has 0 aliphatic heterocycles. The van der Waals surface area contributed by atoms with Crippen LogP contribution in [-0.2, 0) is 0 Å². The van der Waals surface area contributed by atoms with E-state index in [2.05, 4.69) is 15.0 Å². The van der Waals surface area contributed by atoms with Gasteiger partial charge in [0.15, 0.2) is 17.5 Å². The lowest BCUT2D eigenvalue weighted by molar-refractivity contribution is 0.624. The second-order valence-electron chi connectivity index (χ2n) is 6.14. The van der Waals surface area contributed by atoms with Crippen LogP contribution in [0, 0.1) is 28.5 Å². The molecule has 0 atom stereocenters. The van der Waals surface area contributed by atoms with E-state index < -0.39 is 5.82 Å².